The van der Waals surface area contributed by atoms with Crippen molar-refractivity contribution in [3.63, 3.8) is 0 Å². The maximum atomic E-state index is 11.2. The third-order valence-electron chi connectivity index (χ3n) is 1.32. The monoisotopic (exact) mass is 214 g/mol. The Balaban J connectivity index is 3.74. The number of carbonyl (C=O) groups excluding carboxylic acids is 2. The van der Waals surface area contributed by atoms with Crippen LogP contribution in [-0.4, -0.2) is 31.1 Å². The zero-order valence-corrected chi connectivity index (χ0v) is 9.59. The van der Waals surface area contributed by atoms with Crippen molar-refractivity contribution in [2.24, 2.45) is 0 Å². The number of hydrogen-bond acceptors (Lipinski definition) is 4. The van der Waals surface area contributed by atoms with Crippen molar-refractivity contribution in [2.45, 2.75) is 26.3 Å². The van der Waals surface area contributed by atoms with E-state index < -0.39 is 5.97 Å². The summed E-state index contributed by atoms with van der Waals surface area (Å²) < 4.78 is 4.37. The van der Waals surface area contributed by atoms with E-state index in [9.17, 15) is 9.59 Å². The van der Waals surface area contributed by atoms with E-state index in [-0.39, 0.29) is 18.0 Å². The third kappa shape index (κ3) is 8.80. The molecule has 0 aromatic carbocycles. The molecule has 0 bridgehead atoms. The molecule has 5 nitrogen and oxygen atoms in total. The van der Waals surface area contributed by atoms with Gasteiger partial charge < -0.3 is 15.4 Å². The first-order valence-electron chi connectivity index (χ1n) is 4.64. The van der Waals surface area contributed by atoms with Gasteiger partial charge in [0.15, 0.2) is 0 Å². The molecule has 0 aliphatic heterocycles. The second-order valence-corrected chi connectivity index (χ2v) is 4.04. The minimum Gasteiger partial charge on any atom is -0.466 e. The van der Waals surface area contributed by atoms with E-state index in [0.29, 0.717) is 0 Å². The summed E-state index contributed by atoms with van der Waals surface area (Å²) >= 11 is 0. The Morgan fingerprint density at radius 2 is 1.93 bits per heavy atom. The molecule has 0 aromatic heterocycles. The minimum absolute atomic E-state index is 0.128. The number of rotatable bonds is 4. The lowest BCUT2D eigenvalue weighted by Gasteiger charge is -2.20. The van der Waals surface area contributed by atoms with Crippen LogP contribution in [0.15, 0.2) is 12.3 Å². The maximum absolute atomic E-state index is 11.2. The Hall–Kier alpha value is -1.52. The normalized spacial score (nSPS) is 11.2. The van der Waals surface area contributed by atoms with Gasteiger partial charge in [0.2, 0.25) is 5.91 Å². The lowest BCUT2D eigenvalue weighted by Crippen LogP contribution is -2.44. The molecule has 0 unspecified atom stereocenters. The Morgan fingerprint density at radius 1 is 1.33 bits per heavy atom. The van der Waals surface area contributed by atoms with Gasteiger partial charge in [-0.2, -0.15) is 0 Å². The van der Waals surface area contributed by atoms with Gasteiger partial charge in [0, 0.05) is 17.8 Å². The highest BCUT2D eigenvalue weighted by atomic mass is 16.5. The highest BCUT2D eigenvalue weighted by Crippen LogP contribution is 1.96. The van der Waals surface area contributed by atoms with Gasteiger partial charge in [-0.05, 0) is 20.8 Å². The van der Waals surface area contributed by atoms with Crippen molar-refractivity contribution in [3.8, 4) is 0 Å². The topological polar surface area (TPSA) is 67.4 Å². The maximum Gasteiger partial charge on any atom is 0.331 e. The van der Waals surface area contributed by atoms with Crippen molar-refractivity contribution in [3.05, 3.63) is 12.3 Å². The van der Waals surface area contributed by atoms with E-state index in [1.807, 2.05) is 20.8 Å². The molecule has 0 saturated heterocycles. The van der Waals surface area contributed by atoms with Crippen LogP contribution in [0.5, 0.6) is 0 Å². The molecule has 5 heteroatoms. The first-order chi connectivity index (χ1) is 6.85. The molecule has 0 aliphatic rings. The summed E-state index contributed by atoms with van der Waals surface area (Å²) in [5, 5.41) is 5.45. The highest BCUT2D eigenvalue weighted by Gasteiger charge is 2.12. The van der Waals surface area contributed by atoms with E-state index in [1.165, 1.54) is 19.4 Å². The van der Waals surface area contributed by atoms with Crippen LogP contribution in [0.1, 0.15) is 20.8 Å². The van der Waals surface area contributed by atoms with Crippen LogP contribution in [0.25, 0.3) is 0 Å². The Labute approximate surface area is 89.9 Å². The molecule has 86 valence electrons. The predicted molar refractivity (Wildman–Crippen MR) is 57.1 cm³/mol. The molecule has 15 heavy (non-hydrogen) atoms. The van der Waals surface area contributed by atoms with Gasteiger partial charge in [0.25, 0.3) is 0 Å². The second-order valence-electron chi connectivity index (χ2n) is 4.04. The van der Waals surface area contributed by atoms with Crippen molar-refractivity contribution in [1.29, 1.82) is 0 Å². The molecule has 0 radical (unpaired) electrons. The van der Waals surface area contributed by atoms with Gasteiger partial charge in [-0.15, -0.1) is 0 Å². The fraction of sp³-hybridized carbons (Fsp3) is 0.600. The number of ether oxygens (including phenoxy) is 1. The highest BCUT2D eigenvalue weighted by molar-refractivity contribution is 5.82. The number of hydrogen-bond donors (Lipinski definition) is 2. The first-order valence-corrected chi connectivity index (χ1v) is 4.64. The molecule has 0 aliphatic carbocycles. The van der Waals surface area contributed by atoms with Crippen LogP contribution in [0.2, 0.25) is 0 Å². The number of carbonyl (C=O) groups is 2. The number of methoxy groups -OCH3 is 1. The molecule has 2 N–H and O–H groups in total. The summed E-state index contributed by atoms with van der Waals surface area (Å²) in [7, 11) is 1.29. The molecule has 0 rings (SSSR count). The van der Waals surface area contributed by atoms with Crippen LogP contribution < -0.4 is 10.6 Å². The average molecular weight is 214 g/mol. The number of amides is 1. The number of nitrogens with one attached hydrogen (secondary N) is 2. The van der Waals surface area contributed by atoms with Crippen LogP contribution in [0, 0.1) is 0 Å². The zero-order valence-electron chi connectivity index (χ0n) is 9.59. The van der Waals surface area contributed by atoms with E-state index in [1.54, 1.807) is 0 Å². The van der Waals surface area contributed by atoms with Gasteiger partial charge >= 0.3 is 5.97 Å². The minimum atomic E-state index is -0.460. The van der Waals surface area contributed by atoms with E-state index >= 15 is 0 Å². The molecular weight excluding hydrogens is 196 g/mol. The van der Waals surface area contributed by atoms with Gasteiger partial charge in [0.1, 0.15) is 0 Å². The number of esters is 1. The van der Waals surface area contributed by atoms with Gasteiger partial charge in [0.05, 0.1) is 13.7 Å². The average Bonchev–Trinajstić information content (AvgIpc) is 2.09. The standard InChI is InChI=1S/C10H18N2O3/c1-10(2,3)12-8(13)7-11-6-5-9(14)15-4/h5-6,11H,7H2,1-4H3,(H,12,13)/b6-5+. The smallest absolute Gasteiger partial charge is 0.331 e. The summed E-state index contributed by atoms with van der Waals surface area (Å²) in [6.07, 6.45) is 2.60. The lowest BCUT2D eigenvalue weighted by molar-refractivity contribution is -0.134. The molecule has 0 fully saturated rings. The summed E-state index contributed by atoms with van der Waals surface area (Å²) in [6, 6.07) is 0. The fourth-order valence-corrected chi connectivity index (χ4v) is 0.809. The molecule has 0 saturated carbocycles. The van der Waals surface area contributed by atoms with E-state index in [0.717, 1.165) is 0 Å². The van der Waals surface area contributed by atoms with Crippen LogP contribution in [0.3, 0.4) is 0 Å². The Bertz CT molecular complexity index is 254. The molecule has 0 atom stereocenters. The molecule has 0 heterocycles. The summed E-state index contributed by atoms with van der Waals surface area (Å²) in [5.74, 6) is -0.587. The van der Waals surface area contributed by atoms with E-state index in [4.69, 9.17) is 0 Å². The largest absolute Gasteiger partial charge is 0.466 e. The SMILES string of the molecule is COC(=O)/C=C/NCC(=O)NC(C)(C)C. The summed E-state index contributed by atoms with van der Waals surface area (Å²) in [6.45, 7) is 5.82. The van der Waals surface area contributed by atoms with Gasteiger partial charge in [-0.25, -0.2) is 4.79 Å². The first kappa shape index (κ1) is 13.5. The Kier molecular flexibility index (Phi) is 5.44. The zero-order chi connectivity index (χ0) is 11.9. The Morgan fingerprint density at radius 3 is 2.40 bits per heavy atom. The van der Waals surface area contributed by atoms with E-state index in [2.05, 4.69) is 15.4 Å². The molecule has 0 aromatic rings. The van der Waals surface area contributed by atoms with Crippen LogP contribution >= 0.6 is 0 Å². The fourth-order valence-electron chi connectivity index (χ4n) is 0.809. The van der Waals surface area contributed by atoms with Crippen molar-refractivity contribution < 1.29 is 14.3 Å². The summed E-state index contributed by atoms with van der Waals surface area (Å²) in [4.78, 5) is 21.9. The molecule has 0 spiro atoms. The van der Waals surface area contributed by atoms with Crippen molar-refractivity contribution >= 4 is 11.9 Å². The van der Waals surface area contributed by atoms with Crippen molar-refractivity contribution in [2.75, 3.05) is 13.7 Å². The quantitative estimate of drug-likeness (QED) is 0.517. The van der Waals surface area contributed by atoms with Gasteiger partial charge in [-0.1, -0.05) is 0 Å². The van der Waals surface area contributed by atoms with Gasteiger partial charge in [-0.3, -0.25) is 4.79 Å². The lowest BCUT2D eigenvalue weighted by atomic mass is 10.1. The predicted octanol–water partition coefficient (Wildman–Crippen LogP) is 0.177. The summed E-state index contributed by atoms with van der Waals surface area (Å²) in [5.41, 5.74) is -0.245. The molecular formula is C10H18N2O3. The third-order valence-corrected chi connectivity index (χ3v) is 1.32. The second kappa shape index (κ2) is 6.06. The van der Waals surface area contributed by atoms with Crippen LogP contribution in [0.4, 0.5) is 0 Å². The van der Waals surface area contributed by atoms with Crippen LogP contribution in [-0.2, 0) is 14.3 Å². The molecule has 1 amide bonds. The van der Waals surface area contributed by atoms with Crippen molar-refractivity contribution in [1.82, 2.24) is 10.6 Å².